The molecule has 0 spiro atoms. The molecule has 118 valence electrons. The van der Waals surface area contributed by atoms with Crippen LogP contribution in [0.1, 0.15) is 12.0 Å². The predicted octanol–water partition coefficient (Wildman–Crippen LogP) is 1.39. The minimum absolute atomic E-state index is 0.321. The van der Waals surface area contributed by atoms with Crippen molar-refractivity contribution in [2.45, 2.75) is 17.9 Å². The Kier molecular flexibility index (Phi) is 5.62. The number of likely N-dealkylation sites (N-methyl/N-ethyl adjacent to an activating group) is 1. The highest BCUT2D eigenvalue weighted by molar-refractivity contribution is 7.89. The van der Waals surface area contributed by atoms with E-state index in [4.69, 9.17) is 11.6 Å². The molecule has 0 aromatic heterocycles. The zero-order valence-corrected chi connectivity index (χ0v) is 14.0. The first kappa shape index (κ1) is 16.7. The number of nitrogens with one attached hydrogen (secondary N) is 1. The Morgan fingerprint density at radius 1 is 1.24 bits per heavy atom. The van der Waals surface area contributed by atoms with Crippen molar-refractivity contribution in [3.8, 4) is 0 Å². The third-order valence-electron chi connectivity index (χ3n) is 3.70. The van der Waals surface area contributed by atoms with Crippen LogP contribution in [-0.2, 0) is 16.6 Å². The maximum atomic E-state index is 12.8. The lowest BCUT2D eigenvalue weighted by Gasteiger charge is -2.20. The number of hydrogen-bond acceptors (Lipinski definition) is 4. The highest BCUT2D eigenvalue weighted by atomic mass is 35.5. The van der Waals surface area contributed by atoms with E-state index in [0.29, 0.717) is 29.6 Å². The molecule has 1 fully saturated rings. The van der Waals surface area contributed by atoms with Gasteiger partial charge in [-0.25, -0.2) is 8.42 Å². The molecule has 21 heavy (non-hydrogen) atoms. The van der Waals surface area contributed by atoms with E-state index >= 15 is 0 Å². The molecule has 1 saturated heterocycles. The first-order chi connectivity index (χ1) is 9.95. The molecular formula is C14H22ClN3O2S. The van der Waals surface area contributed by atoms with Gasteiger partial charge in [0.05, 0.1) is 4.90 Å². The SMILES string of the molecule is CNCc1cc(S(=O)(=O)N2CCCN(C)CC2)ccc1Cl. The predicted molar refractivity (Wildman–Crippen MR) is 85.1 cm³/mol. The monoisotopic (exact) mass is 331 g/mol. The summed E-state index contributed by atoms with van der Waals surface area (Å²) in [6.45, 7) is 3.33. The first-order valence-corrected chi connectivity index (χ1v) is 8.88. The molecule has 0 atom stereocenters. The van der Waals surface area contributed by atoms with Crippen LogP contribution < -0.4 is 5.32 Å². The third kappa shape index (κ3) is 3.96. The summed E-state index contributed by atoms with van der Waals surface area (Å²) in [5.74, 6) is 0. The molecule has 1 aliphatic heterocycles. The third-order valence-corrected chi connectivity index (χ3v) is 5.96. The molecule has 1 aromatic carbocycles. The van der Waals surface area contributed by atoms with E-state index in [0.717, 1.165) is 25.1 Å². The summed E-state index contributed by atoms with van der Waals surface area (Å²) >= 11 is 6.10. The molecule has 0 aliphatic carbocycles. The summed E-state index contributed by atoms with van der Waals surface area (Å²) in [6.07, 6.45) is 0.854. The molecule has 0 bridgehead atoms. The number of benzene rings is 1. The van der Waals surface area contributed by atoms with Crippen molar-refractivity contribution in [3.63, 3.8) is 0 Å². The van der Waals surface area contributed by atoms with Crippen LogP contribution in [0.25, 0.3) is 0 Å². The minimum atomic E-state index is -3.45. The minimum Gasteiger partial charge on any atom is -0.316 e. The van der Waals surface area contributed by atoms with Crippen molar-refractivity contribution in [3.05, 3.63) is 28.8 Å². The van der Waals surface area contributed by atoms with Gasteiger partial charge in [-0.1, -0.05) is 11.6 Å². The Balaban J connectivity index is 2.28. The summed E-state index contributed by atoms with van der Waals surface area (Å²) in [7, 11) is 0.379. The van der Waals surface area contributed by atoms with Crippen molar-refractivity contribution < 1.29 is 8.42 Å². The Hall–Kier alpha value is -0.660. The van der Waals surface area contributed by atoms with Gasteiger partial charge in [0.25, 0.3) is 0 Å². The molecular weight excluding hydrogens is 310 g/mol. The van der Waals surface area contributed by atoms with E-state index in [9.17, 15) is 8.42 Å². The number of halogens is 1. The van der Waals surface area contributed by atoms with Crippen molar-refractivity contribution in [2.75, 3.05) is 40.3 Å². The van der Waals surface area contributed by atoms with Crippen LogP contribution in [0.2, 0.25) is 5.02 Å². The fraction of sp³-hybridized carbons (Fsp3) is 0.571. The van der Waals surface area contributed by atoms with Crippen LogP contribution in [0.4, 0.5) is 0 Å². The molecule has 0 unspecified atom stereocenters. The molecule has 1 aliphatic rings. The van der Waals surface area contributed by atoms with E-state index in [1.807, 2.05) is 14.1 Å². The van der Waals surface area contributed by atoms with Crippen LogP contribution in [-0.4, -0.2) is 57.9 Å². The molecule has 1 aromatic rings. The largest absolute Gasteiger partial charge is 0.316 e. The lowest BCUT2D eigenvalue weighted by atomic mass is 10.2. The van der Waals surface area contributed by atoms with E-state index in [1.54, 1.807) is 22.5 Å². The Labute approximate surface area is 131 Å². The van der Waals surface area contributed by atoms with Crippen LogP contribution in [0, 0.1) is 0 Å². The molecule has 1 N–H and O–H groups in total. The Morgan fingerprint density at radius 2 is 2.00 bits per heavy atom. The summed E-state index contributed by atoms with van der Waals surface area (Å²) in [4.78, 5) is 2.48. The highest BCUT2D eigenvalue weighted by Crippen LogP contribution is 2.23. The lowest BCUT2D eigenvalue weighted by molar-refractivity contribution is 0.347. The van der Waals surface area contributed by atoms with Gasteiger partial charge in [-0.05, 0) is 50.8 Å². The van der Waals surface area contributed by atoms with E-state index < -0.39 is 10.0 Å². The standard InChI is InChI=1S/C14H22ClN3O2S/c1-16-11-12-10-13(4-5-14(12)15)21(19,20)18-7-3-6-17(2)8-9-18/h4-5,10,16H,3,6-9,11H2,1-2H3. The zero-order chi connectivity index (χ0) is 15.5. The van der Waals surface area contributed by atoms with Crippen molar-refractivity contribution >= 4 is 21.6 Å². The maximum Gasteiger partial charge on any atom is 0.243 e. The molecule has 0 amide bonds. The Morgan fingerprint density at radius 3 is 2.71 bits per heavy atom. The molecule has 5 nitrogen and oxygen atoms in total. The number of sulfonamides is 1. The van der Waals surface area contributed by atoms with Gasteiger partial charge in [-0.2, -0.15) is 4.31 Å². The van der Waals surface area contributed by atoms with Gasteiger partial charge in [0.2, 0.25) is 10.0 Å². The quantitative estimate of drug-likeness (QED) is 0.906. The van der Waals surface area contributed by atoms with Gasteiger partial charge in [-0.3, -0.25) is 0 Å². The maximum absolute atomic E-state index is 12.8. The zero-order valence-electron chi connectivity index (χ0n) is 12.5. The van der Waals surface area contributed by atoms with Crippen LogP contribution in [0.3, 0.4) is 0 Å². The normalized spacial score (nSPS) is 18.6. The summed E-state index contributed by atoms with van der Waals surface area (Å²) in [6, 6.07) is 4.92. The average Bonchev–Trinajstić information content (AvgIpc) is 2.66. The van der Waals surface area contributed by atoms with Gasteiger partial charge in [0.1, 0.15) is 0 Å². The fourth-order valence-corrected chi connectivity index (χ4v) is 4.15. The van der Waals surface area contributed by atoms with Crippen LogP contribution >= 0.6 is 11.6 Å². The van der Waals surface area contributed by atoms with Crippen LogP contribution in [0.15, 0.2) is 23.1 Å². The van der Waals surface area contributed by atoms with Gasteiger partial charge in [0.15, 0.2) is 0 Å². The van der Waals surface area contributed by atoms with E-state index in [2.05, 4.69) is 10.2 Å². The summed E-state index contributed by atoms with van der Waals surface area (Å²) < 4.78 is 27.1. The smallest absolute Gasteiger partial charge is 0.243 e. The fourth-order valence-electron chi connectivity index (χ4n) is 2.45. The van der Waals surface area contributed by atoms with Gasteiger partial charge in [-0.15, -0.1) is 0 Å². The number of hydrogen-bond donors (Lipinski definition) is 1. The van der Waals surface area contributed by atoms with E-state index in [-0.39, 0.29) is 0 Å². The second-order valence-corrected chi connectivity index (χ2v) is 7.69. The molecule has 0 radical (unpaired) electrons. The van der Waals surface area contributed by atoms with Gasteiger partial charge in [0, 0.05) is 31.2 Å². The topological polar surface area (TPSA) is 52.7 Å². The molecule has 1 heterocycles. The van der Waals surface area contributed by atoms with Crippen molar-refractivity contribution in [1.82, 2.24) is 14.5 Å². The van der Waals surface area contributed by atoms with Crippen LogP contribution in [0.5, 0.6) is 0 Å². The number of rotatable bonds is 4. The molecule has 7 heteroatoms. The first-order valence-electron chi connectivity index (χ1n) is 7.07. The molecule has 2 rings (SSSR count). The lowest BCUT2D eigenvalue weighted by Crippen LogP contribution is -2.34. The second-order valence-electron chi connectivity index (χ2n) is 5.34. The summed E-state index contributed by atoms with van der Waals surface area (Å²) in [5, 5.41) is 3.58. The Bertz CT molecular complexity index is 592. The number of nitrogens with zero attached hydrogens (tertiary/aromatic N) is 2. The summed E-state index contributed by atoms with van der Waals surface area (Å²) in [5.41, 5.74) is 0.798. The van der Waals surface area contributed by atoms with Gasteiger partial charge >= 0.3 is 0 Å². The average molecular weight is 332 g/mol. The van der Waals surface area contributed by atoms with Crippen molar-refractivity contribution in [1.29, 1.82) is 0 Å². The molecule has 0 saturated carbocycles. The second kappa shape index (κ2) is 7.07. The highest BCUT2D eigenvalue weighted by Gasteiger charge is 2.26. The van der Waals surface area contributed by atoms with Gasteiger partial charge < -0.3 is 10.2 Å². The van der Waals surface area contributed by atoms with Crippen molar-refractivity contribution in [2.24, 2.45) is 0 Å². The van der Waals surface area contributed by atoms with E-state index in [1.165, 1.54) is 0 Å².